The highest BCUT2D eigenvalue weighted by atomic mass is 32.2. The van der Waals surface area contributed by atoms with Gasteiger partial charge in [0.15, 0.2) is 0 Å². The van der Waals surface area contributed by atoms with Crippen molar-refractivity contribution in [3.05, 3.63) is 98.5 Å². The molecule has 4 aromatic rings. The maximum Gasteiger partial charge on any atom is 0.416 e. The molecule has 6 rings (SSSR count). The second-order valence-corrected chi connectivity index (χ2v) is 14.1. The zero-order valence-electron chi connectivity index (χ0n) is 23.1. The van der Waals surface area contributed by atoms with Crippen LogP contribution in [-0.2, 0) is 37.1 Å². The minimum Gasteiger partial charge on any atom is -0.508 e. The first-order chi connectivity index (χ1) is 21.6. The number of carbonyl (C=O) groups excluding carboxylic acids is 3. The lowest BCUT2D eigenvalue weighted by molar-refractivity contribution is -0.137. The number of halogens is 3. The van der Waals surface area contributed by atoms with Crippen LogP contribution in [0.15, 0.2) is 87.5 Å². The van der Waals surface area contributed by atoms with Gasteiger partial charge < -0.3 is 10.4 Å². The third kappa shape index (κ3) is 5.59. The molecule has 0 unspecified atom stereocenters. The van der Waals surface area contributed by atoms with Crippen molar-refractivity contribution in [2.45, 2.75) is 33.8 Å². The molecule has 0 spiro atoms. The Hall–Kier alpha value is -4.45. The lowest BCUT2D eigenvalue weighted by Gasteiger charge is -2.31. The number of phenolic OH excluding ortho intramolecular Hbond substituents is 1. The number of carbonyl (C=O) groups is 3. The van der Waals surface area contributed by atoms with Crippen molar-refractivity contribution in [3.8, 4) is 5.75 Å². The Labute approximate surface area is 266 Å². The average Bonchev–Trinajstić information content (AvgIpc) is 3.43. The standard InChI is InChI=1S/C29H21F3N4O7S3/c30-29(31,32)14-4-3-5-16(12-14)36-25(39)22-21(18-6-1-2-7-19(18)37)24-27(44-23(22)26(36)40)35(28(41)45-24)13-20(38)34-15-8-10-17(11-9-15)46(33,42)43/h1-12,21-23,37H,13H2,(H,34,38)(H2,33,42,43)/t21-,22+,23-/m0/s1. The van der Waals surface area contributed by atoms with E-state index in [4.69, 9.17) is 5.14 Å². The fraction of sp³-hybridized carbons (Fsp3) is 0.172. The summed E-state index contributed by atoms with van der Waals surface area (Å²) in [7, 11) is -3.96. The van der Waals surface area contributed by atoms with Gasteiger partial charge in [-0.05, 0) is 48.5 Å². The van der Waals surface area contributed by atoms with Gasteiger partial charge in [-0.1, -0.05) is 47.4 Å². The fourth-order valence-corrected chi connectivity index (χ4v) is 8.77. The van der Waals surface area contributed by atoms with Crippen LogP contribution in [0.5, 0.6) is 5.75 Å². The number of para-hydroxylation sites is 1. The number of aromatic nitrogens is 1. The summed E-state index contributed by atoms with van der Waals surface area (Å²) in [6, 6.07) is 14.8. The maximum atomic E-state index is 13.9. The van der Waals surface area contributed by atoms with Crippen molar-refractivity contribution in [1.82, 2.24) is 4.57 Å². The van der Waals surface area contributed by atoms with Crippen LogP contribution >= 0.6 is 23.1 Å². The summed E-state index contributed by atoms with van der Waals surface area (Å²) in [6.45, 7) is -0.529. The molecule has 11 nitrogen and oxygen atoms in total. The van der Waals surface area contributed by atoms with E-state index in [2.05, 4.69) is 5.32 Å². The van der Waals surface area contributed by atoms with E-state index in [9.17, 15) is 45.9 Å². The Morgan fingerprint density at radius 1 is 0.978 bits per heavy atom. The molecule has 17 heteroatoms. The number of anilines is 2. The molecule has 0 saturated carbocycles. The first-order valence-corrected chi connectivity index (χ1v) is 16.6. The number of phenols is 1. The minimum absolute atomic E-state index is 0.176. The molecule has 0 radical (unpaired) electrons. The zero-order valence-corrected chi connectivity index (χ0v) is 25.5. The summed E-state index contributed by atoms with van der Waals surface area (Å²) in [6.07, 6.45) is -4.73. The van der Waals surface area contributed by atoms with Gasteiger partial charge in [0.05, 0.1) is 27.1 Å². The Morgan fingerprint density at radius 3 is 2.33 bits per heavy atom. The van der Waals surface area contributed by atoms with Crippen LogP contribution in [-0.4, -0.2) is 41.1 Å². The van der Waals surface area contributed by atoms with Crippen molar-refractivity contribution < 1.29 is 41.1 Å². The van der Waals surface area contributed by atoms with Crippen LogP contribution in [0.1, 0.15) is 21.9 Å². The number of thioether (sulfide) groups is 1. The van der Waals surface area contributed by atoms with Crippen LogP contribution in [0.4, 0.5) is 24.5 Å². The quantitative estimate of drug-likeness (QED) is 0.257. The van der Waals surface area contributed by atoms with E-state index < -0.39 is 68.0 Å². The molecule has 46 heavy (non-hydrogen) atoms. The summed E-state index contributed by atoms with van der Waals surface area (Å²) in [5.41, 5.74) is -0.894. The number of hydrogen-bond donors (Lipinski definition) is 3. The molecule has 1 saturated heterocycles. The van der Waals surface area contributed by atoms with Crippen molar-refractivity contribution in [1.29, 1.82) is 0 Å². The molecular weight excluding hydrogens is 670 g/mol. The molecule has 3 aromatic carbocycles. The zero-order chi connectivity index (χ0) is 33.1. The molecule has 3 heterocycles. The second kappa shape index (κ2) is 11.4. The smallest absolute Gasteiger partial charge is 0.416 e. The molecule has 0 bridgehead atoms. The lowest BCUT2D eigenvalue weighted by Crippen LogP contribution is -2.33. The molecular formula is C29H21F3N4O7S3. The number of thiazole rings is 1. The molecule has 0 aliphatic carbocycles. The van der Waals surface area contributed by atoms with Gasteiger partial charge in [-0.3, -0.25) is 23.7 Å². The largest absolute Gasteiger partial charge is 0.508 e. The number of nitrogens with two attached hydrogens (primary N) is 1. The number of alkyl halides is 3. The fourth-order valence-electron chi connectivity index (χ4n) is 5.49. The normalized spacial score (nSPS) is 19.6. The van der Waals surface area contributed by atoms with E-state index in [0.717, 1.165) is 39.8 Å². The predicted octanol–water partition coefficient (Wildman–Crippen LogP) is 3.72. The van der Waals surface area contributed by atoms with Gasteiger partial charge in [-0.25, -0.2) is 18.5 Å². The van der Waals surface area contributed by atoms with Gasteiger partial charge in [0.25, 0.3) is 0 Å². The molecule has 238 valence electrons. The minimum atomic E-state index is -4.73. The van der Waals surface area contributed by atoms with Crippen LogP contribution in [0.25, 0.3) is 0 Å². The summed E-state index contributed by atoms with van der Waals surface area (Å²) in [5.74, 6) is -4.74. The van der Waals surface area contributed by atoms with E-state index in [-0.39, 0.29) is 32.6 Å². The number of primary sulfonamides is 1. The Kier molecular flexibility index (Phi) is 7.82. The van der Waals surface area contributed by atoms with Gasteiger partial charge in [0.1, 0.15) is 17.5 Å². The van der Waals surface area contributed by atoms with Gasteiger partial charge in [-0.15, -0.1) is 0 Å². The number of hydrogen-bond acceptors (Lipinski definition) is 9. The predicted molar refractivity (Wildman–Crippen MR) is 162 cm³/mol. The number of amides is 3. The molecule has 2 aliphatic rings. The number of imide groups is 1. The molecule has 4 N–H and O–H groups in total. The van der Waals surface area contributed by atoms with Crippen molar-refractivity contribution in [2.75, 3.05) is 10.2 Å². The molecule has 1 fully saturated rings. The van der Waals surface area contributed by atoms with Gasteiger partial charge in [0.2, 0.25) is 27.7 Å². The third-order valence-corrected chi connectivity index (χ3v) is 11.1. The lowest BCUT2D eigenvalue weighted by atomic mass is 9.82. The number of nitrogens with one attached hydrogen (secondary N) is 1. The van der Waals surface area contributed by atoms with Gasteiger partial charge in [0, 0.05) is 22.0 Å². The van der Waals surface area contributed by atoms with E-state index >= 15 is 0 Å². The topological polar surface area (TPSA) is 169 Å². The Balaban J connectivity index is 1.38. The summed E-state index contributed by atoms with van der Waals surface area (Å²) in [4.78, 5) is 54.2. The Bertz CT molecular complexity index is 2080. The van der Waals surface area contributed by atoms with Gasteiger partial charge in [-0.2, -0.15) is 13.2 Å². The summed E-state index contributed by atoms with van der Waals surface area (Å²) in [5, 5.41) is 17.4. The van der Waals surface area contributed by atoms with E-state index in [1.54, 1.807) is 12.1 Å². The highest BCUT2D eigenvalue weighted by Crippen LogP contribution is 2.55. The van der Waals surface area contributed by atoms with E-state index in [1.807, 2.05) is 0 Å². The first kappa shape index (κ1) is 31.5. The number of benzene rings is 3. The highest BCUT2D eigenvalue weighted by Gasteiger charge is 2.57. The van der Waals surface area contributed by atoms with E-state index in [1.165, 1.54) is 42.5 Å². The number of aromatic hydroxyl groups is 1. The number of rotatable bonds is 6. The molecule has 3 atom stereocenters. The van der Waals surface area contributed by atoms with Crippen LogP contribution in [0.2, 0.25) is 0 Å². The first-order valence-electron chi connectivity index (χ1n) is 13.3. The van der Waals surface area contributed by atoms with Crippen LogP contribution < -0.4 is 20.2 Å². The highest BCUT2D eigenvalue weighted by molar-refractivity contribution is 8.00. The SMILES string of the molecule is NS(=O)(=O)c1ccc(NC(=O)Cn2c3c(sc2=O)[C@@H](c2ccccc2O)[C@H]2C(=O)N(c4cccc(C(F)(F)F)c4)C(=O)[C@H]2S3)cc1. The van der Waals surface area contributed by atoms with Crippen LogP contribution in [0, 0.1) is 5.92 Å². The molecule has 1 aromatic heterocycles. The van der Waals surface area contributed by atoms with Crippen molar-refractivity contribution in [2.24, 2.45) is 11.1 Å². The van der Waals surface area contributed by atoms with Crippen LogP contribution in [0.3, 0.4) is 0 Å². The van der Waals surface area contributed by atoms with Crippen molar-refractivity contribution >= 4 is 62.2 Å². The second-order valence-electron chi connectivity index (χ2n) is 10.4. The summed E-state index contributed by atoms with van der Waals surface area (Å²) < 4.78 is 64.6. The average molecular weight is 691 g/mol. The number of nitrogens with zero attached hydrogens (tertiary/aromatic N) is 2. The third-order valence-electron chi connectivity index (χ3n) is 7.52. The monoisotopic (exact) mass is 690 g/mol. The summed E-state index contributed by atoms with van der Waals surface area (Å²) >= 11 is 1.57. The number of fused-ring (bicyclic) bond motifs is 2. The van der Waals surface area contributed by atoms with E-state index in [0.29, 0.717) is 15.8 Å². The number of sulfonamides is 1. The van der Waals surface area contributed by atoms with Gasteiger partial charge >= 0.3 is 11.0 Å². The Morgan fingerprint density at radius 2 is 1.67 bits per heavy atom. The molecule has 3 amide bonds. The molecule has 2 aliphatic heterocycles. The maximum absolute atomic E-state index is 13.9. The van der Waals surface area contributed by atoms with Crippen molar-refractivity contribution in [3.63, 3.8) is 0 Å².